The SMILES string of the molecule is CNN(C(=O)OCCS(N)(=O)=O)C(=S)S. The molecule has 0 atom stereocenters. The molecule has 88 valence electrons. The fourth-order valence-electron chi connectivity index (χ4n) is 0.575. The Morgan fingerprint density at radius 3 is 2.53 bits per heavy atom. The van der Waals surface area contributed by atoms with Crippen LogP contribution in [0.4, 0.5) is 4.79 Å². The van der Waals surface area contributed by atoms with Gasteiger partial charge in [-0.2, -0.15) is 5.01 Å². The van der Waals surface area contributed by atoms with Gasteiger partial charge < -0.3 is 4.74 Å². The van der Waals surface area contributed by atoms with Crippen molar-refractivity contribution in [2.24, 2.45) is 5.14 Å². The van der Waals surface area contributed by atoms with E-state index in [-0.39, 0.29) is 10.9 Å². The van der Waals surface area contributed by atoms with E-state index in [2.05, 4.69) is 35.0 Å². The second-order valence-corrected chi connectivity index (χ2v) is 5.17. The van der Waals surface area contributed by atoms with Crippen molar-refractivity contribution < 1.29 is 17.9 Å². The summed E-state index contributed by atoms with van der Waals surface area (Å²) in [4.78, 5) is 11.2. The first-order chi connectivity index (χ1) is 6.78. The maximum Gasteiger partial charge on any atom is 0.430 e. The molecule has 7 nitrogen and oxygen atoms in total. The fourth-order valence-corrected chi connectivity index (χ4v) is 1.24. The van der Waals surface area contributed by atoms with Crippen LogP contribution < -0.4 is 10.6 Å². The molecular formula is C5H11N3O4S3. The molecule has 1 amide bonds. The lowest BCUT2D eigenvalue weighted by molar-refractivity contribution is 0.120. The van der Waals surface area contributed by atoms with Crippen LogP contribution in [-0.4, -0.2) is 43.2 Å². The number of rotatable bonds is 4. The molecule has 0 aliphatic carbocycles. The van der Waals surface area contributed by atoms with Crippen LogP contribution >= 0.6 is 24.8 Å². The Kier molecular flexibility index (Phi) is 6.05. The Morgan fingerprint density at radius 1 is 1.67 bits per heavy atom. The lowest BCUT2D eigenvalue weighted by Crippen LogP contribution is -2.43. The number of nitrogens with zero attached hydrogens (tertiary/aromatic N) is 1. The highest BCUT2D eigenvalue weighted by molar-refractivity contribution is 8.11. The van der Waals surface area contributed by atoms with Crippen LogP contribution in [0.15, 0.2) is 0 Å². The third-order valence-electron chi connectivity index (χ3n) is 1.19. The average molecular weight is 273 g/mol. The highest BCUT2D eigenvalue weighted by Gasteiger charge is 2.16. The maximum absolute atomic E-state index is 11.2. The number of ether oxygens (including phenoxy) is 1. The van der Waals surface area contributed by atoms with Crippen LogP contribution in [0.2, 0.25) is 0 Å². The number of nitrogens with two attached hydrogens (primary N) is 1. The first-order valence-electron chi connectivity index (χ1n) is 3.65. The molecule has 10 heteroatoms. The molecule has 0 saturated carbocycles. The first kappa shape index (κ1) is 14.6. The number of thiocarbonyl (C=S) groups is 1. The summed E-state index contributed by atoms with van der Waals surface area (Å²) < 4.78 is 25.5. The smallest absolute Gasteiger partial charge is 0.430 e. The van der Waals surface area contributed by atoms with Gasteiger partial charge in [-0.25, -0.2) is 23.8 Å². The molecule has 0 aliphatic rings. The molecule has 0 aromatic heterocycles. The molecule has 0 aliphatic heterocycles. The standard InChI is InChI=1S/C5H11N3O4S3/c1-7-8(5(13)14)4(9)12-2-3-15(6,10)11/h7H,2-3H2,1H3,(H,13,14)(H2,6,10,11). The third-order valence-corrected chi connectivity index (χ3v) is 2.31. The van der Waals surface area contributed by atoms with E-state index in [0.29, 0.717) is 0 Å². The molecule has 0 fully saturated rings. The predicted molar refractivity (Wildman–Crippen MR) is 61.8 cm³/mol. The van der Waals surface area contributed by atoms with Crippen LogP contribution in [0.5, 0.6) is 0 Å². The Balaban J connectivity index is 4.09. The van der Waals surface area contributed by atoms with E-state index in [9.17, 15) is 13.2 Å². The second kappa shape index (κ2) is 6.23. The van der Waals surface area contributed by atoms with Crippen molar-refractivity contribution in [3.05, 3.63) is 0 Å². The van der Waals surface area contributed by atoms with E-state index in [1.807, 2.05) is 0 Å². The van der Waals surface area contributed by atoms with Gasteiger partial charge in [0.25, 0.3) is 0 Å². The molecule has 0 aromatic carbocycles. The summed E-state index contributed by atoms with van der Waals surface area (Å²) in [6, 6.07) is 0. The number of primary sulfonamides is 1. The third kappa shape index (κ3) is 6.62. The van der Waals surface area contributed by atoms with Crippen LogP contribution in [0.25, 0.3) is 0 Å². The van der Waals surface area contributed by atoms with Gasteiger partial charge in [0, 0.05) is 7.05 Å². The number of hydrazine groups is 1. The van der Waals surface area contributed by atoms with Gasteiger partial charge >= 0.3 is 6.09 Å². The van der Waals surface area contributed by atoms with Gasteiger partial charge in [-0.3, -0.25) is 0 Å². The molecule has 0 unspecified atom stereocenters. The summed E-state index contributed by atoms with van der Waals surface area (Å²) in [5, 5.41) is 5.54. The Bertz CT molecular complexity index is 341. The summed E-state index contributed by atoms with van der Waals surface area (Å²) in [7, 11) is -2.21. The minimum Gasteiger partial charge on any atom is -0.447 e. The van der Waals surface area contributed by atoms with E-state index < -0.39 is 21.9 Å². The number of sulfonamides is 1. The number of hydrogen-bond donors (Lipinski definition) is 3. The van der Waals surface area contributed by atoms with Gasteiger partial charge in [0.1, 0.15) is 6.61 Å². The van der Waals surface area contributed by atoms with Crippen molar-refractivity contribution in [1.82, 2.24) is 10.4 Å². The van der Waals surface area contributed by atoms with Crippen LogP contribution in [0, 0.1) is 0 Å². The number of carbonyl (C=O) groups excluding carboxylic acids is 1. The highest BCUT2D eigenvalue weighted by Crippen LogP contribution is 1.96. The van der Waals surface area contributed by atoms with Crippen LogP contribution in [-0.2, 0) is 14.8 Å². The highest BCUT2D eigenvalue weighted by atomic mass is 32.2. The summed E-state index contributed by atoms with van der Waals surface area (Å²) in [6.45, 7) is -0.341. The monoisotopic (exact) mass is 273 g/mol. The lowest BCUT2D eigenvalue weighted by atomic mass is 10.8. The molecular weight excluding hydrogens is 262 g/mol. The Hall–Kier alpha value is -0.420. The van der Waals surface area contributed by atoms with Gasteiger partial charge in [0.15, 0.2) is 4.32 Å². The van der Waals surface area contributed by atoms with E-state index in [1.54, 1.807) is 0 Å². The van der Waals surface area contributed by atoms with Crippen molar-refractivity contribution >= 4 is 45.3 Å². The summed E-state index contributed by atoms with van der Waals surface area (Å²) in [5.74, 6) is -0.449. The number of amides is 1. The molecule has 0 spiro atoms. The minimum absolute atomic E-state index is 0.0434. The summed E-state index contributed by atoms with van der Waals surface area (Å²) >= 11 is 8.34. The largest absolute Gasteiger partial charge is 0.447 e. The molecule has 0 rings (SSSR count). The van der Waals surface area contributed by atoms with Crippen molar-refractivity contribution in [3.8, 4) is 0 Å². The number of nitrogens with one attached hydrogen (secondary N) is 1. The van der Waals surface area contributed by atoms with E-state index in [4.69, 9.17) is 5.14 Å². The minimum atomic E-state index is -3.64. The normalized spacial score (nSPS) is 10.9. The summed E-state index contributed by atoms with van der Waals surface area (Å²) in [5.41, 5.74) is 2.41. The number of hydrogen-bond acceptors (Lipinski definition) is 6. The lowest BCUT2D eigenvalue weighted by Gasteiger charge is -2.17. The van der Waals surface area contributed by atoms with Crippen molar-refractivity contribution in [2.75, 3.05) is 19.4 Å². The van der Waals surface area contributed by atoms with Gasteiger partial charge in [-0.1, -0.05) is 12.2 Å². The molecule has 0 bridgehead atoms. The summed E-state index contributed by atoms with van der Waals surface area (Å²) in [6.07, 6.45) is -0.846. The maximum atomic E-state index is 11.2. The Morgan fingerprint density at radius 2 is 2.20 bits per heavy atom. The predicted octanol–water partition coefficient (Wildman–Crippen LogP) is -0.937. The quantitative estimate of drug-likeness (QED) is 0.347. The van der Waals surface area contributed by atoms with Crippen molar-refractivity contribution in [1.29, 1.82) is 0 Å². The number of thiol groups is 1. The van der Waals surface area contributed by atoms with Gasteiger partial charge in [-0.15, -0.1) is 12.6 Å². The van der Waals surface area contributed by atoms with E-state index >= 15 is 0 Å². The zero-order chi connectivity index (χ0) is 12.1. The molecule has 0 saturated heterocycles. The molecule has 0 radical (unpaired) electrons. The molecule has 0 aromatic rings. The topological polar surface area (TPSA) is 102 Å². The zero-order valence-corrected chi connectivity index (χ0v) is 10.4. The van der Waals surface area contributed by atoms with Gasteiger partial charge in [0.05, 0.1) is 5.75 Å². The average Bonchev–Trinajstić information content (AvgIpc) is 2.01. The first-order valence-corrected chi connectivity index (χ1v) is 6.22. The van der Waals surface area contributed by atoms with E-state index in [0.717, 1.165) is 5.01 Å². The molecule has 0 heterocycles. The van der Waals surface area contributed by atoms with E-state index in [1.165, 1.54) is 7.05 Å². The van der Waals surface area contributed by atoms with Crippen LogP contribution in [0.3, 0.4) is 0 Å². The second-order valence-electron chi connectivity index (χ2n) is 2.32. The number of carbonyl (C=O) groups is 1. The zero-order valence-electron chi connectivity index (χ0n) is 7.84. The van der Waals surface area contributed by atoms with Crippen molar-refractivity contribution in [2.45, 2.75) is 0 Å². The molecule has 15 heavy (non-hydrogen) atoms. The molecule has 3 N–H and O–H groups in total. The van der Waals surface area contributed by atoms with Gasteiger partial charge in [-0.05, 0) is 0 Å². The van der Waals surface area contributed by atoms with Gasteiger partial charge in [0.2, 0.25) is 10.0 Å². The van der Waals surface area contributed by atoms with Crippen LogP contribution in [0.1, 0.15) is 0 Å². The fraction of sp³-hybridized carbons (Fsp3) is 0.600. The Labute approximate surface area is 98.4 Å². The van der Waals surface area contributed by atoms with Crippen molar-refractivity contribution in [3.63, 3.8) is 0 Å².